The van der Waals surface area contributed by atoms with Gasteiger partial charge in [0.1, 0.15) is 0 Å². The number of benzene rings is 6. The number of fused-ring (bicyclic) bond motifs is 3. The summed E-state index contributed by atoms with van der Waals surface area (Å²) >= 11 is 0. The van der Waals surface area contributed by atoms with Crippen molar-refractivity contribution in [3.63, 3.8) is 0 Å². The molecule has 0 bridgehead atoms. The van der Waals surface area contributed by atoms with E-state index in [-0.39, 0.29) is 0 Å². The predicted octanol–water partition coefficient (Wildman–Crippen LogP) is 7.36. The number of nitrogens with two attached hydrogens (primary N) is 1. The Hall–Kier alpha value is -3.98. The fourth-order valence-electron chi connectivity index (χ4n) is 5.40. The Labute approximate surface area is 211 Å². The van der Waals surface area contributed by atoms with E-state index in [4.69, 9.17) is 5.73 Å². The van der Waals surface area contributed by atoms with Crippen molar-refractivity contribution >= 4 is 32.3 Å². The van der Waals surface area contributed by atoms with Gasteiger partial charge >= 0.3 is 0 Å². The molecule has 2 heteroatoms. The molecule has 0 aliphatic heterocycles. The standard InChI is InChI=1S/C34H29NO/c35-33(32-18-17-28-9-3-6-12-31(28)21-32)34(36,22-24-13-15-26-7-1-4-10-29(26)19-24)23-25-14-16-27-8-2-5-11-30(27)20-25/h1-21,33,36H,22-23,35H2/t33-/m1/s1. The molecule has 0 fully saturated rings. The van der Waals surface area contributed by atoms with Crippen LogP contribution in [0, 0.1) is 0 Å². The van der Waals surface area contributed by atoms with Crippen LogP contribution in [0.4, 0.5) is 0 Å². The minimum absolute atomic E-state index is 0.457. The fourth-order valence-corrected chi connectivity index (χ4v) is 5.40. The highest BCUT2D eigenvalue weighted by atomic mass is 16.3. The molecule has 6 rings (SSSR count). The van der Waals surface area contributed by atoms with E-state index in [1.165, 1.54) is 26.9 Å². The number of hydrogen-bond acceptors (Lipinski definition) is 2. The first kappa shape index (κ1) is 22.5. The van der Waals surface area contributed by atoms with Crippen molar-refractivity contribution in [3.05, 3.63) is 144 Å². The van der Waals surface area contributed by atoms with E-state index in [0.29, 0.717) is 12.8 Å². The molecule has 6 aromatic rings. The first-order valence-electron chi connectivity index (χ1n) is 12.5. The summed E-state index contributed by atoms with van der Waals surface area (Å²) in [6, 6.07) is 43.5. The molecule has 0 spiro atoms. The van der Waals surface area contributed by atoms with Crippen molar-refractivity contribution in [2.24, 2.45) is 5.73 Å². The van der Waals surface area contributed by atoms with E-state index in [0.717, 1.165) is 22.1 Å². The maximum absolute atomic E-state index is 12.3. The number of rotatable bonds is 6. The van der Waals surface area contributed by atoms with E-state index < -0.39 is 11.6 Å². The molecule has 0 radical (unpaired) electrons. The molecule has 0 heterocycles. The Morgan fingerprint density at radius 1 is 0.500 bits per heavy atom. The summed E-state index contributed by atoms with van der Waals surface area (Å²) in [7, 11) is 0. The van der Waals surface area contributed by atoms with Gasteiger partial charge in [0.05, 0.1) is 11.6 Å². The first-order valence-corrected chi connectivity index (χ1v) is 12.5. The van der Waals surface area contributed by atoms with E-state index in [2.05, 4.69) is 91.0 Å². The first-order chi connectivity index (χ1) is 17.6. The molecule has 0 saturated carbocycles. The number of aliphatic hydroxyl groups is 1. The summed E-state index contributed by atoms with van der Waals surface area (Å²) in [5, 5.41) is 19.4. The van der Waals surface area contributed by atoms with Gasteiger partial charge in [0.15, 0.2) is 0 Å². The largest absolute Gasteiger partial charge is 0.387 e. The van der Waals surface area contributed by atoms with Crippen LogP contribution in [0.5, 0.6) is 0 Å². The Bertz CT molecular complexity index is 1600. The highest BCUT2D eigenvalue weighted by Crippen LogP contribution is 2.34. The third-order valence-corrected chi connectivity index (χ3v) is 7.36. The second-order valence-electron chi connectivity index (χ2n) is 9.90. The van der Waals surface area contributed by atoms with Gasteiger partial charge in [-0.2, -0.15) is 0 Å². The van der Waals surface area contributed by atoms with Crippen LogP contribution in [0.1, 0.15) is 22.7 Å². The third-order valence-electron chi connectivity index (χ3n) is 7.36. The van der Waals surface area contributed by atoms with Crippen molar-refractivity contribution < 1.29 is 5.11 Å². The molecule has 0 amide bonds. The lowest BCUT2D eigenvalue weighted by atomic mass is 9.78. The van der Waals surface area contributed by atoms with Gasteiger partial charge in [0, 0.05) is 12.8 Å². The Morgan fingerprint density at radius 2 is 0.889 bits per heavy atom. The van der Waals surface area contributed by atoms with Gasteiger partial charge in [-0.1, -0.05) is 121 Å². The molecule has 0 aromatic heterocycles. The molecule has 36 heavy (non-hydrogen) atoms. The summed E-state index contributed by atoms with van der Waals surface area (Å²) in [4.78, 5) is 0. The highest BCUT2D eigenvalue weighted by Gasteiger charge is 2.36. The maximum Gasteiger partial charge on any atom is 0.0919 e. The van der Waals surface area contributed by atoms with Crippen LogP contribution in [0.15, 0.2) is 127 Å². The topological polar surface area (TPSA) is 46.2 Å². The minimum atomic E-state index is -1.17. The average molecular weight is 468 g/mol. The van der Waals surface area contributed by atoms with Gasteiger partial charge in [-0.3, -0.25) is 0 Å². The fraction of sp³-hybridized carbons (Fsp3) is 0.118. The molecule has 0 aliphatic rings. The molecule has 176 valence electrons. The summed E-state index contributed by atoms with van der Waals surface area (Å²) in [6.45, 7) is 0. The zero-order chi connectivity index (χ0) is 24.5. The van der Waals surface area contributed by atoms with Crippen LogP contribution >= 0.6 is 0 Å². The lowest BCUT2D eigenvalue weighted by Crippen LogP contribution is -2.45. The Morgan fingerprint density at radius 3 is 1.36 bits per heavy atom. The van der Waals surface area contributed by atoms with Gasteiger partial charge in [-0.15, -0.1) is 0 Å². The molecule has 6 aromatic carbocycles. The molecule has 2 nitrogen and oxygen atoms in total. The van der Waals surface area contributed by atoms with Gasteiger partial charge < -0.3 is 10.8 Å². The van der Waals surface area contributed by atoms with E-state index in [1.54, 1.807) is 0 Å². The Balaban J connectivity index is 1.41. The molecular weight excluding hydrogens is 438 g/mol. The predicted molar refractivity (Wildman–Crippen MR) is 151 cm³/mol. The lowest BCUT2D eigenvalue weighted by Gasteiger charge is -2.35. The summed E-state index contributed by atoms with van der Waals surface area (Å²) < 4.78 is 0. The summed E-state index contributed by atoms with van der Waals surface area (Å²) in [5.74, 6) is 0. The SMILES string of the molecule is N[C@H](c1ccc2ccccc2c1)C(O)(Cc1ccc2ccccc2c1)Cc1ccc2ccccc2c1. The quantitative estimate of drug-likeness (QED) is 0.269. The smallest absolute Gasteiger partial charge is 0.0919 e. The van der Waals surface area contributed by atoms with Gasteiger partial charge in [-0.05, 0) is 55.1 Å². The minimum Gasteiger partial charge on any atom is -0.387 e. The van der Waals surface area contributed by atoms with Crippen LogP contribution in [0.25, 0.3) is 32.3 Å². The summed E-state index contributed by atoms with van der Waals surface area (Å²) in [5.41, 5.74) is 8.86. The second-order valence-corrected chi connectivity index (χ2v) is 9.90. The van der Waals surface area contributed by atoms with Crippen LogP contribution in [-0.2, 0) is 12.8 Å². The van der Waals surface area contributed by atoms with Crippen molar-refractivity contribution in [2.45, 2.75) is 24.5 Å². The molecular formula is C34H29NO. The maximum atomic E-state index is 12.3. The van der Waals surface area contributed by atoms with Crippen LogP contribution in [0.2, 0.25) is 0 Å². The van der Waals surface area contributed by atoms with Crippen molar-refractivity contribution in [1.82, 2.24) is 0 Å². The van der Waals surface area contributed by atoms with E-state index >= 15 is 0 Å². The van der Waals surface area contributed by atoms with Gasteiger partial charge in [-0.25, -0.2) is 0 Å². The highest BCUT2D eigenvalue weighted by molar-refractivity contribution is 5.84. The van der Waals surface area contributed by atoms with Crippen LogP contribution in [0.3, 0.4) is 0 Å². The zero-order valence-corrected chi connectivity index (χ0v) is 20.1. The van der Waals surface area contributed by atoms with Crippen molar-refractivity contribution in [1.29, 1.82) is 0 Å². The molecule has 0 saturated heterocycles. The molecule has 1 atom stereocenters. The van der Waals surface area contributed by atoms with Crippen LogP contribution < -0.4 is 5.73 Å². The lowest BCUT2D eigenvalue weighted by molar-refractivity contribution is 0.0137. The van der Waals surface area contributed by atoms with Crippen molar-refractivity contribution in [2.75, 3.05) is 0 Å². The monoisotopic (exact) mass is 467 g/mol. The van der Waals surface area contributed by atoms with Gasteiger partial charge in [0.25, 0.3) is 0 Å². The second kappa shape index (κ2) is 9.23. The number of hydrogen-bond donors (Lipinski definition) is 2. The average Bonchev–Trinajstić information content (AvgIpc) is 2.92. The molecule has 0 aliphatic carbocycles. The van der Waals surface area contributed by atoms with E-state index in [1.807, 2.05) is 36.4 Å². The summed E-state index contributed by atoms with van der Waals surface area (Å²) in [6.07, 6.45) is 0.914. The Kier molecular flexibility index (Phi) is 5.77. The van der Waals surface area contributed by atoms with Crippen LogP contribution in [-0.4, -0.2) is 10.7 Å². The van der Waals surface area contributed by atoms with Gasteiger partial charge in [0.2, 0.25) is 0 Å². The van der Waals surface area contributed by atoms with E-state index in [9.17, 15) is 5.11 Å². The zero-order valence-electron chi connectivity index (χ0n) is 20.1. The normalized spacial score (nSPS) is 12.8. The van der Waals surface area contributed by atoms with Crippen molar-refractivity contribution in [3.8, 4) is 0 Å². The molecule has 0 unspecified atom stereocenters. The third kappa shape index (κ3) is 4.37. The molecule has 3 N–H and O–H groups in total.